The van der Waals surface area contributed by atoms with Gasteiger partial charge in [0.15, 0.2) is 0 Å². The number of ether oxygens (including phenoxy) is 1. The molecule has 144 valence electrons. The molecule has 5 nitrogen and oxygen atoms in total. The number of rotatable bonds is 4. The molecule has 2 saturated heterocycles. The summed E-state index contributed by atoms with van der Waals surface area (Å²) in [5.74, 6) is 0.675. The molecule has 1 amide bonds. The van der Waals surface area contributed by atoms with Crippen molar-refractivity contribution in [2.75, 3.05) is 31.2 Å². The van der Waals surface area contributed by atoms with Gasteiger partial charge in [0.2, 0.25) is 5.91 Å². The van der Waals surface area contributed by atoms with Crippen molar-refractivity contribution in [3.8, 4) is 0 Å². The van der Waals surface area contributed by atoms with Gasteiger partial charge in [0.05, 0.1) is 0 Å². The SMILES string of the molecule is O=C(CC1CCN(c2cccc(C(F)(F)F)n2)CC1)NC1CCOCC1. The summed E-state index contributed by atoms with van der Waals surface area (Å²) < 4.78 is 43.7. The summed E-state index contributed by atoms with van der Waals surface area (Å²) in [5.41, 5.74) is -0.868. The van der Waals surface area contributed by atoms with E-state index >= 15 is 0 Å². The van der Waals surface area contributed by atoms with Crippen molar-refractivity contribution in [3.63, 3.8) is 0 Å². The molecule has 2 fully saturated rings. The number of amides is 1. The number of anilines is 1. The number of piperidine rings is 1. The third kappa shape index (κ3) is 5.09. The van der Waals surface area contributed by atoms with Crippen LogP contribution in [0.5, 0.6) is 0 Å². The Hall–Kier alpha value is -1.83. The van der Waals surface area contributed by atoms with Gasteiger partial charge in [-0.15, -0.1) is 0 Å². The topological polar surface area (TPSA) is 54.5 Å². The number of carbonyl (C=O) groups is 1. The van der Waals surface area contributed by atoms with Gasteiger partial charge in [-0.3, -0.25) is 4.79 Å². The van der Waals surface area contributed by atoms with Crippen LogP contribution in [0.25, 0.3) is 0 Å². The lowest BCUT2D eigenvalue weighted by molar-refractivity contribution is -0.141. The number of hydrogen-bond acceptors (Lipinski definition) is 4. The monoisotopic (exact) mass is 371 g/mol. The minimum absolute atomic E-state index is 0.0625. The van der Waals surface area contributed by atoms with Crippen molar-refractivity contribution < 1.29 is 22.7 Å². The second-order valence-corrected chi connectivity index (χ2v) is 6.97. The van der Waals surface area contributed by atoms with Crippen LogP contribution < -0.4 is 10.2 Å². The van der Waals surface area contributed by atoms with E-state index in [9.17, 15) is 18.0 Å². The molecule has 0 radical (unpaired) electrons. The standard InChI is InChI=1S/C18H24F3N3O2/c19-18(20,21)15-2-1-3-16(23-15)24-8-4-13(5-9-24)12-17(25)22-14-6-10-26-11-7-14/h1-3,13-14H,4-12H2,(H,22,25). The zero-order valence-electron chi connectivity index (χ0n) is 14.6. The van der Waals surface area contributed by atoms with Gasteiger partial charge < -0.3 is 15.0 Å². The average molecular weight is 371 g/mol. The van der Waals surface area contributed by atoms with Crippen molar-refractivity contribution in [2.24, 2.45) is 5.92 Å². The molecule has 3 heterocycles. The Kier molecular flexibility index (Phi) is 6.01. The number of nitrogens with zero attached hydrogens (tertiary/aromatic N) is 2. The molecule has 2 aliphatic heterocycles. The predicted octanol–water partition coefficient (Wildman–Crippen LogP) is 3.00. The van der Waals surface area contributed by atoms with Gasteiger partial charge in [0.1, 0.15) is 11.5 Å². The fourth-order valence-electron chi connectivity index (χ4n) is 3.51. The zero-order valence-corrected chi connectivity index (χ0v) is 14.6. The lowest BCUT2D eigenvalue weighted by atomic mass is 9.93. The second kappa shape index (κ2) is 8.24. The van der Waals surface area contributed by atoms with Crippen molar-refractivity contribution in [2.45, 2.75) is 44.3 Å². The Morgan fingerprint density at radius 3 is 2.54 bits per heavy atom. The smallest absolute Gasteiger partial charge is 0.381 e. The highest BCUT2D eigenvalue weighted by atomic mass is 19.4. The quantitative estimate of drug-likeness (QED) is 0.884. The van der Waals surface area contributed by atoms with Crippen molar-refractivity contribution >= 4 is 11.7 Å². The molecule has 1 aromatic rings. The number of pyridine rings is 1. The number of nitrogens with one attached hydrogen (secondary N) is 1. The van der Waals surface area contributed by atoms with Crippen LogP contribution in [0.1, 0.15) is 37.8 Å². The van der Waals surface area contributed by atoms with E-state index in [1.54, 1.807) is 6.07 Å². The van der Waals surface area contributed by atoms with E-state index in [4.69, 9.17) is 4.74 Å². The number of halogens is 3. The Labute approximate surface area is 150 Å². The van der Waals surface area contributed by atoms with E-state index in [0.717, 1.165) is 31.7 Å². The summed E-state index contributed by atoms with van der Waals surface area (Å²) >= 11 is 0. The number of hydrogen-bond donors (Lipinski definition) is 1. The van der Waals surface area contributed by atoms with Crippen LogP contribution in [-0.2, 0) is 15.7 Å². The molecule has 0 aromatic carbocycles. The molecule has 0 spiro atoms. The molecule has 0 bridgehead atoms. The first-order valence-corrected chi connectivity index (χ1v) is 9.08. The fourth-order valence-corrected chi connectivity index (χ4v) is 3.51. The van der Waals surface area contributed by atoms with E-state index in [1.807, 2.05) is 4.90 Å². The average Bonchev–Trinajstić information content (AvgIpc) is 2.62. The molecule has 3 rings (SSSR count). The number of aromatic nitrogens is 1. The lowest BCUT2D eigenvalue weighted by Gasteiger charge is -2.33. The summed E-state index contributed by atoms with van der Waals surface area (Å²) in [6.45, 7) is 2.60. The summed E-state index contributed by atoms with van der Waals surface area (Å²) in [5, 5.41) is 3.06. The van der Waals surface area contributed by atoms with Crippen molar-refractivity contribution in [1.82, 2.24) is 10.3 Å². The van der Waals surface area contributed by atoms with Gasteiger partial charge in [-0.05, 0) is 43.7 Å². The largest absolute Gasteiger partial charge is 0.433 e. The van der Waals surface area contributed by atoms with Gasteiger partial charge in [-0.25, -0.2) is 4.98 Å². The molecular weight excluding hydrogens is 347 g/mol. The normalized spacial score (nSPS) is 20.2. The molecule has 1 N–H and O–H groups in total. The Morgan fingerprint density at radius 2 is 1.88 bits per heavy atom. The van der Waals surface area contributed by atoms with Crippen LogP contribution in [-0.4, -0.2) is 43.2 Å². The molecular formula is C18H24F3N3O2. The first-order chi connectivity index (χ1) is 12.4. The zero-order chi connectivity index (χ0) is 18.6. The van der Waals surface area contributed by atoms with E-state index in [0.29, 0.717) is 38.5 Å². The van der Waals surface area contributed by atoms with Crippen molar-refractivity contribution in [3.05, 3.63) is 23.9 Å². The maximum atomic E-state index is 12.8. The summed E-state index contributed by atoms with van der Waals surface area (Å²) in [7, 11) is 0. The summed E-state index contributed by atoms with van der Waals surface area (Å²) in [6, 6.07) is 4.17. The van der Waals surface area contributed by atoms with E-state index in [-0.39, 0.29) is 17.9 Å². The number of alkyl halides is 3. The van der Waals surface area contributed by atoms with Gasteiger partial charge in [0.25, 0.3) is 0 Å². The first-order valence-electron chi connectivity index (χ1n) is 9.08. The van der Waals surface area contributed by atoms with E-state index < -0.39 is 11.9 Å². The predicted molar refractivity (Wildman–Crippen MR) is 90.8 cm³/mol. The molecule has 26 heavy (non-hydrogen) atoms. The Bertz CT molecular complexity index is 610. The van der Waals surface area contributed by atoms with Crippen molar-refractivity contribution in [1.29, 1.82) is 0 Å². The van der Waals surface area contributed by atoms with Crippen LogP contribution in [0.4, 0.5) is 19.0 Å². The minimum Gasteiger partial charge on any atom is -0.381 e. The highest BCUT2D eigenvalue weighted by molar-refractivity contribution is 5.76. The van der Waals surface area contributed by atoms with Crippen LogP contribution in [0.2, 0.25) is 0 Å². The molecule has 0 unspecified atom stereocenters. The Balaban J connectivity index is 1.47. The third-order valence-electron chi connectivity index (χ3n) is 5.02. The van der Waals surface area contributed by atoms with Crippen LogP contribution in [0, 0.1) is 5.92 Å². The maximum absolute atomic E-state index is 12.8. The molecule has 0 atom stereocenters. The molecule has 0 saturated carbocycles. The highest BCUT2D eigenvalue weighted by Gasteiger charge is 2.33. The van der Waals surface area contributed by atoms with E-state index in [1.165, 1.54) is 6.07 Å². The molecule has 8 heteroatoms. The summed E-state index contributed by atoms with van der Waals surface area (Å²) in [4.78, 5) is 17.8. The van der Waals surface area contributed by atoms with Crippen LogP contribution >= 0.6 is 0 Å². The fraction of sp³-hybridized carbons (Fsp3) is 0.667. The van der Waals surface area contributed by atoms with Gasteiger partial charge >= 0.3 is 6.18 Å². The third-order valence-corrected chi connectivity index (χ3v) is 5.02. The molecule has 2 aliphatic rings. The van der Waals surface area contributed by atoms with E-state index in [2.05, 4.69) is 10.3 Å². The van der Waals surface area contributed by atoms with Crippen LogP contribution in [0.3, 0.4) is 0 Å². The summed E-state index contributed by atoms with van der Waals surface area (Å²) in [6.07, 6.45) is -0.702. The lowest BCUT2D eigenvalue weighted by Crippen LogP contribution is -2.41. The Morgan fingerprint density at radius 1 is 1.19 bits per heavy atom. The minimum atomic E-state index is -4.43. The maximum Gasteiger partial charge on any atom is 0.433 e. The van der Waals surface area contributed by atoms with Gasteiger partial charge in [0, 0.05) is 38.8 Å². The van der Waals surface area contributed by atoms with Gasteiger partial charge in [-0.1, -0.05) is 6.07 Å². The molecule has 1 aromatic heterocycles. The second-order valence-electron chi connectivity index (χ2n) is 6.97. The first kappa shape index (κ1) is 18.9. The highest BCUT2D eigenvalue weighted by Crippen LogP contribution is 2.30. The number of carbonyl (C=O) groups excluding carboxylic acids is 1. The van der Waals surface area contributed by atoms with Gasteiger partial charge in [-0.2, -0.15) is 13.2 Å². The molecule has 0 aliphatic carbocycles. The van der Waals surface area contributed by atoms with Crippen LogP contribution in [0.15, 0.2) is 18.2 Å².